The van der Waals surface area contributed by atoms with Gasteiger partial charge in [-0.1, -0.05) is 155 Å². The summed E-state index contributed by atoms with van der Waals surface area (Å²) in [7, 11) is 1.86. The second-order valence-electron chi connectivity index (χ2n) is 24.3. The van der Waals surface area contributed by atoms with Crippen LogP contribution in [0.5, 0.6) is 0 Å². The molecule has 0 spiro atoms. The average molecular weight is 1390 g/mol. The lowest BCUT2D eigenvalue weighted by atomic mass is 9.91. The number of carboxylic acid groups (broad SMARTS) is 2. The minimum atomic E-state index is -0.956. The van der Waals surface area contributed by atoms with Crippen molar-refractivity contribution in [2.24, 2.45) is 28.7 Å². The first-order valence-electron chi connectivity index (χ1n) is 31.5. The van der Waals surface area contributed by atoms with E-state index >= 15 is 0 Å². The zero-order chi connectivity index (χ0) is 72.3. The summed E-state index contributed by atoms with van der Waals surface area (Å²) >= 11 is 3.32. The number of carbonyl (C=O) groups excluding carboxylic acids is 6. The molecule has 0 radical (unpaired) electrons. The van der Waals surface area contributed by atoms with Gasteiger partial charge in [0.2, 0.25) is 5.16 Å². The van der Waals surface area contributed by atoms with E-state index in [-0.39, 0.29) is 85.4 Å². The molecule has 0 fully saturated rings. The van der Waals surface area contributed by atoms with Crippen molar-refractivity contribution in [1.29, 1.82) is 0 Å². The molecule has 2 atom stereocenters. The number of aromatic nitrogens is 7. The Kier molecular flexibility index (Phi) is 50.1. The van der Waals surface area contributed by atoms with Crippen LogP contribution >= 0.6 is 23.5 Å². The van der Waals surface area contributed by atoms with E-state index in [1.54, 1.807) is 76.7 Å². The van der Waals surface area contributed by atoms with Crippen LogP contribution in [-0.4, -0.2) is 140 Å². The molecule has 4 aromatic rings. The normalized spacial score (nSPS) is 11.2. The molecule has 0 bridgehead atoms. The van der Waals surface area contributed by atoms with Crippen molar-refractivity contribution in [2.45, 2.75) is 218 Å². The fourth-order valence-electron chi connectivity index (χ4n) is 5.80. The number of alkyl carbamates (subject to hydrolysis) is 1. The van der Waals surface area contributed by atoms with Gasteiger partial charge in [-0.3, -0.25) is 29.1 Å². The summed E-state index contributed by atoms with van der Waals surface area (Å²) in [6.45, 7) is 40.9. The molecule has 0 aliphatic rings. The van der Waals surface area contributed by atoms with Gasteiger partial charge >= 0.3 is 47.9 Å². The number of tetrazole rings is 1. The van der Waals surface area contributed by atoms with Crippen molar-refractivity contribution in [3.63, 3.8) is 0 Å². The predicted octanol–water partition coefficient (Wildman–Crippen LogP) is 14.7. The van der Waals surface area contributed by atoms with Crippen molar-refractivity contribution in [2.75, 3.05) is 46.2 Å². The average Bonchev–Trinajstić information content (AvgIpc) is 1.45. The number of hydrogen-bond acceptors (Lipinski definition) is 21. The first-order chi connectivity index (χ1) is 43.9. The van der Waals surface area contributed by atoms with Crippen LogP contribution in [-0.2, 0) is 80.5 Å². The summed E-state index contributed by atoms with van der Waals surface area (Å²) in [5.41, 5.74) is 3.98. The largest absolute Gasteiger partial charge is 0.481 e. The number of ether oxygens (including phenoxy) is 6. The summed E-state index contributed by atoms with van der Waals surface area (Å²) in [5, 5.41) is 38.9. The smallest absolute Gasteiger partial charge is 0.407 e. The Balaban J connectivity index is -0.000000537. The van der Waals surface area contributed by atoms with Crippen molar-refractivity contribution in [1.82, 2.24) is 40.7 Å². The van der Waals surface area contributed by atoms with Gasteiger partial charge < -0.3 is 44.0 Å². The fourth-order valence-corrected chi connectivity index (χ4v) is 7.34. The Labute approximate surface area is 580 Å². The molecular weight excluding hydrogens is 1270 g/mol. The van der Waals surface area contributed by atoms with E-state index in [1.807, 2.05) is 48.6 Å². The van der Waals surface area contributed by atoms with Crippen LogP contribution in [0.3, 0.4) is 0 Å². The molecule has 2 aromatic carbocycles. The van der Waals surface area contributed by atoms with Gasteiger partial charge in [0.05, 0.1) is 34.6 Å². The van der Waals surface area contributed by atoms with E-state index < -0.39 is 51.6 Å². The van der Waals surface area contributed by atoms with Gasteiger partial charge in [0.15, 0.2) is 5.16 Å². The lowest BCUT2D eigenvalue weighted by Gasteiger charge is -2.20. The zero-order valence-corrected chi connectivity index (χ0v) is 60.8. The van der Waals surface area contributed by atoms with E-state index in [9.17, 15) is 38.4 Å². The van der Waals surface area contributed by atoms with E-state index in [0.717, 1.165) is 21.8 Å². The van der Waals surface area contributed by atoms with Gasteiger partial charge in [0.1, 0.15) is 46.0 Å². The lowest BCUT2D eigenvalue weighted by Crippen LogP contribution is -2.31. The van der Waals surface area contributed by atoms with Crippen LogP contribution in [0.1, 0.15) is 219 Å². The number of hydrogen-bond donors (Lipinski definition) is 4. The molecule has 24 nitrogen and oxygen atoms in total. The Bertz CT molecular complexity index is 2890. The SMILES string of the molecule is C.C.C=C(C)C(=O)OCCNC(=O)OCCOC(=O)C(C)(C)CC.C=C(C)C(=O)OCCOC(=O)C(C)(C)CC.CCC(C)(C)C(=O)O.CCC(C)(C)C(=O)OCCC(=O)O.CCC(C)c1ccc(CSc2ncn[nH]2)cc1.CCC(C)c1ccc(CSc2nnnn2C)cc1. The first-order valence-corrected chi connectivity index (χ1v) is 33.4. The van der Waals surface area contributed by atoms with Crippen LogP contribution in [0.25, 0.3) is 0 Å². The van der Waals surface area contributed by atoms with Crippen LogP contribution in [0.15, 0.2) is 89.5 Å². The number of carbonyl (C=O) groups is 8. The molecule has 4 N–H and O–H groups in total. The topological polar surface area (TPSA) is 330 Å². The molecule has 2 aromatic heterocycles. The highest BCUT2D eigenvalue weighted by Gasteiger charge is 2.29. The Morgan fingerprint density at radius 3 is 1.29 bits per heavy atom. The fraction of sp³-hybridized carbons (Fsp3) is 0.614. The molecule has 544 valence electrons. The molecule has 0 aliphatic heterocycles. The molecule has 2 heterocycles. The molecule has 0 saturated heterocycles. The highest BCUT2D eigenvalue weighted by molar-refractivity contribution is 7.98. The van der Waals surface area contributed by atoms with E-state index in [1.165, 1.54) is 48.3 Å². The molecule has 96 heavy (non-hydrogen) atoms. The zero-order valence-electron chi connectivity index (χ0n) is 59.2. The number of H-pyrrole nitrogens is 1. The summed E-state index contributed by atoms with van der Waals surface area (Å²) in [6.07, 6.45) is 5.83. The van der Waals surface area contributed by atoms with Crippen molar-refractivity contribution in [3.8, 4) is 0 Å². The highest BCUT2D eigenvalue weighted by atomic mass is 32.2. The standard InChI is InChI=1S/C15H25NO6.C13H18N4S.C13H17N3S.C12H20O4.C9H16O4.C6H12O2.2CH4/c1-6-15(4,5)13(18)21-9-10-22-14(19)16-7-8-20-12(17)11(2)3;1-4-10(2)12-7-5-11(6-8-12)9-18-13-14-15-16-17(13)3;1-3-10(2)12-6-4-11(5-7-12)8-17-13-14-9-15-16-13;1-6-12(4,5)11(14)16-8-7-15-10(13)9(2)3;1-4-9(2,3)8(12)13-6-5-7(10)11;1-4-6(2,3)5(7)8;;/h2,6-10H2,1,3-5H3,(H,16,19);5-8,10H,4,9H2,1-3H3;4-7,9-10H,3,8H2,1-2H3,(H,14,15,16);2,6-8H2,1,3-5H3;4-6H2,1-3H3,(H,10,11);4H2,1-3H3,(H,7,8);2*1H4. The summed E-state index contributed by atoms with van der Waals surface area (Å²) in [6, 6.07) is 17.7. The third kappa shape index (κ3) is 42.1. The molecule has 0 aliphatic carbocycles. The number of rotatable bonds is 32. The maximum Gasteiger partial charge on any atom is 0.407 e. The van der Waals surface area contributed by atoms with Gasteiger partial charge in [-0.15, -0.1) is 5.10 Å². The van der Waals surface area contributed by atoms with Crippen LogP contribution in [0, 0.1) is 21.7 Å². The molecule has 2 unspecified atom stereocenters. The first kappa shape index (κ1) is 94.8. The third-order valence-electron chi connectivity index (χ3n) is 14.8. The molecule has 26 heteroatoms. The van der Waals surface area contributed by atoms with E-state index in [0.29, 0.717) is 48.7 Å². The number of aromatic amines is 1. The number of nitrogens with one attached hydrogen (secondary N) is 2. The quantitative estimate of drug-likeness (QED) is 0.0116. The minimum Gasteiger partial charge on any atom is -0.481 e. The Morgan fingerprint density at radius 2 is 0.958 bits per heavy atom. The third-order valence-corrected chi connectivity index (χ3v) is 16.8. The second-order valence-corrected chi connectivity index (χ2v) is 26.2. The monoisotopic (exact) mass is 1390 g/mol. The predicted molar refractivity (Wildman–Crippen MR) is 378 cm³/mol. The van der Waals surface area contributed by atoms with Gasteiger partial charge in [-0.05, 0) is 152 Å². The van der Waals surface area contributed by atoms with Crippen molar-refractivity contribution >= 4 is 71.4 Å². The number of aliphatic carboxylic acids is 2. The molecule has 4 rings (SSSR count). The maximum atomic E-state index is 11.6. The number of aryl methyl sites for hydroxylation is 1. The number of amides is 1. The number of nitrogens with zero attached hydrogens (tertiary/aromatic N) is 6. The van der Waals surface area contributed by atoms with Gasteiger partial charge in [-0.2, -0.15) is 5.10 Å². The summed E-state index contributed by atoms with van der Waals surface area (Å²) < 4.78 is 30.8. The Hall–Kier alpha value is -7.61. The molecule has 0 saturated carbocycles. The number of benzene rings is 2. The molecular formula is C70H116N8O16S2. The van der Waals surface area contributed by atoms with Crippen LogP contribution in [0.4, 0.5) is 4.79 Å². The number of thioether (sulfide) groups is 2. The highest BCUT2D eigenvalue weighted by Crippen LogP contribution is 2.26. The van der Waals surface area contributed by atoms with E-state index in [2.05, 4.69) is 125 Å². The summed E-state index contributed by atoms with van der Waals surface area (Å²) in [4.78, 5) is 92.2. The lowest BCUT2D eigenvalue weighted by molar-refractivity contribution is -0.158. The van der Waals surface area contributed by atoms with E-state index in [4.69, 9.17) is 38.6 Å². The van der Waals surface area contributed by atoms with Gasteiger partial charge in [0.25, 0.3) is 0 Å². The molecule has 1 amide bonds. The van der Waals surface area contributed by atoms with Gasteiger partial charge in [0, 0.05) is 29.7 Å². The maximum absolute atomic E-state index is 11.6. The van der Waals surface area contributed by atoms with Crippen molar-refractivity contribution in [3.05, 3.63) is 101 Å². The van der Waals surface area contributed by atoms with Gasteiger partial charge in [-0.25, -0.2) is 24.0 Å². The second kappa shape index (κ2) is 50.7. The van der Waals surface area contributed by atoms with Crippen LogP contribution < -0.4 is 5.32 Å². The summed E-state index contributed by atoms with van der Waals surface area (Å²) in [5.74, 6) is -0.497. The Morgan fingerprint density at radius 1 is 0.573 bits per heavy atom. The minimum absolute atomic E-state index is 0. The van der Waals surface area contributed by atoms with Crippen molar-refractivity contribution < 1.29 is 77.0 Å². The number of esters is 5. The number of carboxylic acids is 2. The van der Waals surface area contributed by atoms with Crippen LogP contribution in [0.2, 0.25) is 0 Å².